The summed E-state index contributed by atoms with van der Waals surface area (Å²) in [7, 11) is 0. The van der Waals surface area contributed by atoms with E-state index in [-0.39, 0.29) is 29.1 Å². The number of carbonyl (C=O) groups is 3. The van der Waals surface area contributed by atoms with Crippen molar-refractivity contribution in [2.75, 3.05) is 0 Å². The lowest BCUT2D eigenvalue weighted by atomic mass is 10.1. The lowest BCUT2D eigenvalue weighted by Gasteiger charge is -2.08. The Hall–Kier alpha value is -2.99. The Morgan fingerprint density at radius 3 is 2.58 bits per heavy atom. The van der Waals surface area contributed by atoms with Crippen molar-refractivity contribution in [1.29, 1.82) is 0 Å². The SMILES string of the molecule is O=C1CC=C(OC(=O)c2ccccc2C(=O)O)C1=Cc1ccsc1. The molecule has 0 radical (unpaired) electrons. The zero-order valence-electron chi connectivity index (χ0n) is 12.4. The number of allylic oxidation sites excluding steroid dienone is 2. The fourth-order valence-corrected chi connectivity index (χ4v) is 2.94. The van der Waals surface area contributed by atoms with Gasteiger partial charge in [-0.3, -0.25) is 4.79 Å². The molecule has 1 aliphatic carbocycles. The molecule has 24 heavy (non-hydrogen) atoms. The molecule has 1 heterocycles. The van der Waals surface area contributed by atoms with Gasteiger partial charge in [0.15, 0.2) is 5.78 Å². The van der Waals surface area contributed by atoms with E-state index in [2.05, 4.69) is 0 Å². The van der Waals surface area contributed by atoms with Gasteiger partial charge in [-0.25, -0.2) is 9.59 Å². The Morgan fingerprint density at radius 1 is 1.17 bits per heavy atom. The van der Waals surface area contributed by atoms with Crippen molar-refractivity contribution in [3.63, 3.8) is 0 Å². The van der Waals surface area contributed by atoms with Crippen LogP contribution >= 0.6 is 11.3 Å². The average molecular weight is 340 g/mol. The summed E-state index contributed by atoms with van der Waals surface area (Å²) in [6.45, 7) is 0. The van der Waals surface area contributed by atoms with Crippen LogP contribution in [0.1, 0.15) is 32.7 Å². The first-order valence-electron chi connectivity index (χ1n) is 7.08. The normalized spacial score (nSPS) is 15.4. The quantitative estimate of drug-likeness (QED) is 0.680. The van der Waals surface area contributed by atoms with Gasteiger partial charge in [0.05, 0.1) is 16.7 Å². The number of esters is 1. The summed E-state index contributed by atoms with van der Waals surface area (Å²) in [5.41, 5.74) is 0.962. The summed E-state index contributed by atoms with van der Waals surface area (Å²) >= 11 is 1.49. The smallest absolute Gasteiger partial charge is 0.344 e. The summed E-state index contributed by atoms with van der Waals surface area (Å²) in [4.78, 5) is 35.5. The molecule has 5 nitrogen and oxygen atoms in total. The summed E-state index contributed by atoms with van der Waals surface area (Å²) < 4.78 is 5.29. The number of aromatic carboxylic acids is 1. The molecule has 3 rings (SSSR count). The number of thiophene rings is 1. The van der Waals surface area contributed by atoms with Crippen LogP contribution in [0.15, 0.2) is 58.5 Å². The highest BCUT2D eigenvalue weighted by Crippen LogP contribution is 2.27. The third kappa shape index (κ3) is 3.18. The Bertz CT molecular complexity index is 875. The van der Waals surface area contributed by atoms with Gasteiger partial charge >= 0.3 is 11.9 Å². The first-order chi connectivity index (χ1) is 11.6. The summed E-state index contributed by atoms with van der Waals surface area (Å²) in [5.74, 6) is -2.00. The van der Waals surface area contributed by atoms with E-state index in [9.17, 15) is 14.4 Å². The van der Waals surface area contributed by atoms with Crippen LogP contribution in [0.25, 0.3) is 6.08 Å². The van der Waals surface area contributed by atoms with E-state index in [1.165, 1.54) is 35.6 Å². The van der Waals surface area contributed by atoms with Gasteiger partial charge in [0, 0.05) is 6.42 Å². The van der Waals surface area contributed by atoms with E-state index in [4.69, 9.17) is 9.84 Å². The second kappa shape index (κ2) is 6.64. The molecule has 1 N–H and O–H groups in total. The molecule has 0 unspecified atom stereocenters. The molecule has 1 aromatic heterocycles. The standard InChI is InChI=1S/C18H12O5S/c19-15-5-6-16(14(15)9-11-7-8-24-10-11)23-18(22)13-4-2-1-3-12(13)17(20)21/h1-4,6-10H,5H2,(H,20,21). The number of carboxylic acid groups (broad SMARTS) is 1. The maximum Gasteiger partial charge on any atom is 0.344 e. The predicted octanol–water partition coefficient (Wildman–Crippen LogP) is 3.54. The molecule has 0 aliphatic heterocycles. The Morgan fingerprint density at radius 2 is 1.92 bits per heavy atom. The van der Waals surface area contributed by atoms with E-state index in [0.29, 0.717) is 5.57 Å². The van der Waals surface area contributed by atoms with Gasteiger partial charge in [-0.2, -0.15) is 11.3 Å². The summed E-state index contributed by atoms with van der Waals surface area (Å²) in [5, 5.41) is 12.9. The first-order valence-corrected chi connectivity index (χ1v) is 8.02. The van der Waals surface area contributed by atoms with E-state index in [1.54, 1.807) is 12.1 Å². The fourth-order valence-electron chi connectivity index (χ4n) is 2.32. The minimum Gasteiger partial charge on any atom is -0.478 e. The molecular weight excluding hydrogens is 328 g/mol. The van der Waals surface area contributed by atoms with Gasteiger partial charge in [0.1, 0.15) is 5.76 Å². The van der Waals surface area contributed by atoms with Gasteiger partial charge in [0.2, 0.25) is 0 Å². The minimum absolute atomic E-state index is 0.0554. The molecule has 0 fully saturated rings. The Labute approximate surface area is 141 Å². The molecule has 1 aromatic carbocycles. The number of hydrogen-bond donors (Lipinski definition) is 1. The van der Waals surface area contributed by atoms with Crippen LogP contribution in [-0.2, 0) is 9.53 Å². The Kier molecular flexibility index (Phi) is 4.39. The van der Waals surface area contributed by atoms with E-state index < -0.39 is 11.9 Å². The topological polar surface area (TPSA) is 80.7 Å². The molecular formula is C18H12O5S. The van der Waals surface area contributed by atoms with Crippen LogP contribution in [0.5, 0.6) is 0 Å². The number of ketones is 1. The van der Waals surface area contributed by atoms with Crippen LogP contribution in [0.4, 0.5) is 0 Å². The predicted molar refractivity (Wildman–Crippen MR) is 88.8 cm³/mol. The summed E-state index contributed by atoms with van der Waals surface area (Å²) in [6.07, 6.45) is 3.34. The van der Waals surface area contributed by atoms with Gasteiger partial charge in [-0.15, -0.1) is 0 Å². The van der Waals surface area contributed by atoms with E-state index >= 15 is 0 Å². The second-order valence-corrected chi connectivity index (χ2v) is 5.83. The van der Waals surface area contributed by atoms with Crippen LogP contribution in [0, 0.1) is 0 Å². The highest BCUT2D eigenvalue weighted by Gasteiger charge is 2.26. The highest BCUT2D eigenvalue weighted by molar-refractivity contribution is 7.08. The third-order valence-corrected chi connectivity index (χ3v) is 4.17. The van der Waals surface area contributed by atoms with Crippen molar-refractivity contribution in [3.8, 4) is 0 Å². The molecule has 0 amide bonds. The highest BCUT2D eigenvalue weighted by atomic mass is 32.1. The maximum absolute atomic E-state index is 12.3. The van der Waals surface area contributed by atoms with Crippen LogP contribution in [0.3, 0.4) is 0 Å². The van der Waals surface area contributed by atoms with Gasteiger partial charge in [-0.1, -0.05) is 12.1 Å². The number of rotatable bonds is 4. The van der Waals surface area contributed by atoms with Crippen LogP contribution in [-0.4, -0.2) is 22.8 Å². The molecule has 0 bridgehead atoms. The van der Waals surface area contributed by atoms with Crippen LogP contribution < -0.4 is 0 Å². The lowest BCUT2D eigenvalue weighted by Crippen LogP contribution is -2.12. The zero-order valence-corrected chi connectivity index (χ0v) is 13.2. The molecule has 0 saturated heterocycles. The Balaban J connectivity index is 1.87. The van der Waals surface area contributed by atoms with Crippen molar-refractivity contribution < 1.29 is 24.2 Å². The number of carboxylic acids is 1. The molecule has 1 aliphatic rings. The number of Topliss-reactive ketones (excluding diaryl/α,β-unsaturated/α-hetero) is 1. The molecule has 0 saturated carbocycles. The second-order valence-electron chi connectivity index (χ2n) is 5.05. The number of benzene rings is 1. The molecule has 2 aromatic rings. The maximum atomic E-state index is 12.3. The summed E-state index contributed by atoms with van der Waals surface area (Å²) in [6, 6.07) is 7.64. The average Bonchev–Trinajstić information content (AvgIpc) is 3.20. The van der Waals surface area contributed by atoms with Crippen LogP contribution in [0.2, 0.25) is 0 Å². The van der Waals surface area contributed by atoms with Crippen molar-refractivity contribution in [2.45, 2.75) is 6.42 Å². The number of hydrogen-bond acceptors (Lipinski definition) is 5. The zero-order chi connectivity index (χ0) is 17.1. The van der Waals surface area contributed by atoms with Gasteiger partial charge < -0.3 is 9.84 Å². The molecule has 0 spiro atoms. The minimum atomic E-state index is -1.21. The first kappa shape index (κ1) is 15.9. The van der Waals surface area contributed by atoms with Gasteiger partial charge in [-0.05, 0) is 46.7 Å². The monoisotopic (exact) mass is 340 g/mol. The fraction of sp³-hybridized carbons (Fsp3) is 0.0556. The lowest BCUT2D eigenvalue weighted by molar-refractivity contribution is -0.114. The van der Waals surface area contributed by atoms with Crippen molar-refractivity contribution in [3.05, 3.63) is 75.2 Å². The van der Waals surface area contributed by atoms with Gasteiger partial charge in [0.25, 0.3) is 0 Å². The third-order valence-electron chi connectivity index (χ3n) is 3.47. The van der Waals surface area contributed by atoms with Crippen molar-refractivity contribution in [1.82, 2.24) is 0 Å². The largest absolute Gasteiger partial charge is 0.478 e. The van der Waals surface area contributed by atoms with E-state index in [0.717, 1.165) is 5.56 Å². The van der Waals surface area contributed by atoms with E-state index in [1.807, 2.05) is 16.8 Å². The van der Waals surface area contributed by atoms with Crippen molar-refractivity contribution >= 4 is 35.1 Å². The van der Waals surface area contributed by atoms with Crippen molar-refractivity contribution in [2.24, 2.45) is 0 Å². The molecule has 6 heteroatoms. The molecule has 0 atom stereocenters. The molecule has 120 valence electrons. The number of ether oxygens (including phenoxy) is 1. The number of carbonyl (C=O) groups excluding carboxylic acids is 2.